The third-order valence-electron chi connectivity index (χ3n) is 1.93. The largest absolute Gasteiger partial charge is 0.352 e. The SMILES string of the molecule is CC(C)CCNC(=O)c1cccnc1. The van der Waals surface area contributed by atoms with E-state index in [9.17, 15) is 4.79 Å². The summed E-state index contributed by atoms with van der Waals surface area (Å²) >= 11 is 0. The Morgan fingerprint density at radius 3 is 2.93 bits per heavy atom. The maximum atomic E-state index is 11.5. The van der Waals surface area contributed by atoms with Crippen LogP contribution in [0.2, 0.25) is 0 Å². The monoisotopic (exact) mass is 192 g/mol. The van der Waals surface area contributed by atoms with Gasteiger partial charge in [0.15, 0.2) is 0 Å². The van der Waals surface area contributed by atoms with Gasteiger partial charge in [0.1, 0.15) is 0 Å². The second-order valence-corrected chi connectivity index (χ2v) is 3.68. The third-order valence-corrected chi connectivity index (χ3v) is 1.93. The minimum atomic E-state index is -0.0428. The number of carbonyl (C=O) groups excluding carboxylic acids is 1. The Balaban J connectivity index is 2.36. The molecular formula is C11H16N2O. The van der Waals surface area contributed by atoms with Gasteiger partial charge in [-0.25, -0.2) is 0 Å². The van der Waals surface area contributed by atoms with Crippen molar-refractivity contribution < 1.29 is 4.79 Å². The molecule has 0 radical (unpaired) electrons. The summed E-state index contributed by atoms with van der Waals surface area (Å²) in [5.74, 6) is 0.572. The third kappa shape index (κ3) is 3.56. The molecule has 1 amide bonds. The van der Waals surface area contributed by atoms with Crippen LogP contribution in [-0.4, -0.2) is 17.4 Å². The topological polar surface area (TPSA) is 42.0 Å². The van der Waals surface area contributed by atoms with Crippen molar-refractivity contribution in [3.05, 3.63) is 30.1 Å². The van der Waals surface area contributed by atoms with Crippen LogP contribution in [0.15, 0.2) is 24.5 Å². The van der Waals surface area contributed by atoms with Gasteiger partial charge in [0.05, 0.1) is 5.56 Å². The summed E-state index contributed by atoms with van der Waals surface area (Å²) in [6, 6.07) is 3.52. The molecule has 0 atom stereocenters. The Labute approximate surface area is 84.6 Å². The van der Waals surface area contributed by atoms with Gasteiger partial charge in [0.2, 0.25) is 0 Å². The molecule has 0 aliphatic rings. The fourth-order valence-corrected chi connectivity index (χ4v) is 1.07. The van der Waals surface area contributed by atoms with Gasteiger partial charge >= 0.3 is 0 Å². The molecule has 0 saturated carbocycles. The first-order chi connectivity index (χ1) is 6.70. The summed E-state index contributed by atoms with van der Waals surface area (Å²) in [4.78, 5) is 15.4. The molecule has 1 rings (SSSR count). The molecule has 0 aliphatic carbocycles. The first kappa shape index (κ1) is 10.7. The Hall–Kier alpha value is -1.38. The summed E-state index contributed by atoms with van der Waals surface area (Å²) in [7, 11) is 0. The Kier molecular flexibility index (Phi) is 4.11. The van der Waals surface area contributed by atoms with E-state index >= 15 is 0 Å². The van der Waals surface area contributed by atoms with Crippen molar-refractivity contribution in [3.8, 4) is 0 Å². The number of pyridine rings is 1. The zero-order valence-corrected chi connectivity index (χ0v) is 8.66. The number of amides is 1. The molecule has 0 unspecified atom stereocenters. The molecule has 1 aromatic rings. The normalized spacial score (nSPS) is 10.2. The number of aromatic nitrogens is 1. The smallest absolute Gasteiger partial charge is 0.252 e. The van der Waals surface area contributed by atoms with Crippen LogP contribution < -0.4 is 5.32 Å². The van der Waals surface area contributed by atoms with Crippen molar-refractivity contribution in [2.75, 3.05) is 6.54 Å². The van der Waals surface area contributed by atoms with E-state index in [0.29, 0.717) is 11.5 Å². The van der Waals surface area contributed by atoms with Gasteiger partial charge in [0, 0.05) is 18.9 Å². The van der Waals surface area contributed by atoms with Crippen molar-refractivity contribution in [1.82, 2.24) is 10.3 Å². The zero-order chi connectivity index (χ0) is 10.4. The Morgan fingerprint density at radius 1 is 1.57 bits per heavy atom. The Bertz CT molecular complexity index is 283. The average molecular weight is 192 g/mol. The molecule has 1 N–H and O–H groups in total. The lowest BCUT2D eigenvalue weighted by Gasteiger charge is -2.06. The van der Waals surface area contributed by atoms with Gasteiger partial charge in [-0.2, -0.15) is 0 Å². The van der Waals surface area contributed by atoms with E-state index in [1.54, 1.807) is 24.5 Å². The summed E-state index contributed by atoms with van der Waals surface area (Å²) in [5.41, 5.74) is 0.622. The predicted molar refractivity (Wildman–Crippen MR) is 56.0 cm³/mol. The van der Waals surface area contributed by atoms with Crippen LogP contribution in [0.3, 0.4) is 0 Å². The lowest BCUT2D eigenvalue weighted by molar-refractivity contribution is 0.0951. The highest BCUT2D eigenvalue weighted by Crippen LogP contribution is 1.98. The molecule has 3 heteroatoms. The van der Waals surface area contributed by atoms with Gasteiger partial charge in [-0.15, -0.1) is 0 Å². The van der Waals surface area contributed by atoms with Gasteiger partial charge in [-0.1, -0.05) is 13.8 Å². The van der Waals surface area contributed by atoms with Crippen LogP contribution in [0.1, 0.15) is 30.6 Å². The second kappa shape index (κ2) is 5.37. The standard InChI is InChI=1S/C11H16N2O/c1-9(2)5-7-13-11(14)10-4-3-6-12-8-10/h3-4,6,8-9H,5,7H2,1-2H3,(H,13,14). The van der Waals surface area contributed by atoms with E-state index in [1.807, 2.05) is 0 Å². The van der Waals surface area contributed by atoms with Crippen molar-refractivity contribution in [3.63, 3.8) is 0 Å². The molecule has 3 nitrogen and oxygen atoms in total. The lowest BCUT2D eigenvalue weighted by Crippen LogP contribution is -2.25. The molecule has 1 heterocycles. The lowest BCUT2D eigenvalue weighted by atomic mass is 10.1. The van der Waals surface area contributed by atoms with Crippen LogP contribution in [-0.2, 0) is 0 Å². The summed E-state index contributed by atoms with van der Waals surface area (Å²) in [5, 5.41) is 2.85. The highest BCUT2D eigenvalue weighted by molar-refractivity contribution is 5.93. The fraction of sp³-hybridized carbons (Fsp3) is 0.455. The van der Waals surface area contributed by atoms with Crippen LogP contribution in [0.5, 0.6) is 0 Å². The first-order valence-electron chi connectivity index (χ1n) is 4.88. The van der Waals surface area contributed by atoms with Crippen molar-refractivity contribution in [2.24, 2.45) is 5.92 Å². The zero-order valence-electron chi connectivity index (χ0n) is 8.66. The van der Waals surface area contributed by atoms with Gasteiger partial charge in [0.25, 0.3) is 5.91 Å². The van der Waals surface area contributed by atoms with E-state index < -0.39 is 0 Å². The van der Waals surface area contributed by atoms with E-state index in [0.717, 1.165) is 13.0 Å². The number of rotatable bonds is 4. The number of hydrogen-bond donors (Lipinski definition) is 1. The van der Waals surface area contributed by atoms with Crippen molar-refractivity contribution in [2.45, 2.75) is 20.3 Å². The van der Waals surface area contributed by atoms with Gasteiger partial charge < -0.3 is 5.32 Å². The van der Waals surface area contributed by atoms with E-state index in [1.165, 1.54) is 0 Å². The number of nitrogens with zero attached hydrogens (tertiary/aromatic N) is 1. The number of hydrogen-bond acceptors (Lipinski definition) is 2. The molecule has 0 bridgehead atoms. The maximum absolute atomic E-state index is 11.5. The summed E-state index contributed by atoms with van der Waals surface area (Å²) < 4.78 is 0. The maximum Gasteiger partial charge on any atom is 0.252 e. The molecule has 14 heavy (non-hydrogen) atoms. The minimum absolute atomic E-state index is 0.0428. The highest BCUT2D eigenvalue weighted by atomic mass is 16.1. The van der Waals surface area contributed by atoms with Gasteiger partial charge in [-0.3, -0.25) is 9.78 Å². The molecule has 0 fully saturated rings. The van der Waals surface area contributed by atoms with Crippen LogP contribution in [0.4, 0.5) is 0 Å². The number of carbonyl (C=O) groups is 1. The van der Waals surface area contributed by atoms with Crippen LogP contribution in [0, 0.1) is 5.92 Å². The molecule has 1 aromatic heterocycles. The Morgan fingerprint density at radius 2 is 2.36 bits per heavy atom. The van der Waals surface area contributed by atoms with Gasteiger partial charge in [-0.05, 0) is 24.5 Å². The number of nitrogens with one attached hydrogen (secondary N) is 1. The second-order valence-electron chi connectivity index (χ2n) is 3.68. The summed E-state index contributed by atoms with van der Waals surface area (Å²) in [6.45, 7) is 5.00. The average Bonchev–Trinajstić information content (AvgIpc) is 2.18. The molecule has 0 aromatic carbocycles. The van der Waals surface area contributed by atoms with Crippen molar-refractivity contribution >= 4 is 5.91 Å². The first-order valence-corrected chi connectivity index (χ1v) is 4.88. The molecule has 0 aliphatic heterocycles. The predicted octanol–water partition coefficient (Wildman–Crippen LogP) is 1.86. The van der Waals surface area contributed by atoms with Crippen molar-refractivity contribution in [1.29, 1.82) is 0 Å². The molecular weight excluding hydrogens is 176 g/mol. The fourth-order valence-electron chi connectivity index (χ4n) is 1.07. The van der Waals surface area contributed by atoms with E-state index in [-0.39, 0.29) is 5.91 Å². The molecule has 0 spiro atoms. The van der Waals surface area contributed by atoms with Crippen LogP contribution >= 0.6 is 0 Å². The quantitative estimate of drug-likeness (QED) is 0.791. The van der Waals surface area contributed by atoms with E-state index in [4.69, 9.17) is 0 Å². The van der Waals surface area contributed by atoms with E-state index in [2.05, 4.69) is 24.1 Å². The minimum Gasteiger partial charge on any atom is -0.352 e. The molecule has 76 valence electrons. The molecule has 0 saturated heterocycles. The van der Waals surface area contributed by atoms with Crippen LogP contribution in [0.25, 0.3) is 0 Å². The summed E-state index contributed by atoms with van der Waals surface area (Å²) in [6.07, 6.45) is 4.24. The highest BCUT2D eigenvalue weighted by Gasteiger charge is 2.03.